The Hall–Kier alpha value is -2.30. The van der Waals surface area contributed by atoms with Crippen molar-refractivity contribution in [1.82, 2.24) is 10.2 Å². The summed E-state index contributed by atoms with van der Waals surface area (Å²) in [4.78, 5) is 2.40. The van der Waals surface area contributed by atoms with E-state index >= 15 is 0 Å². The molecule has 0 radical (unpaired) electrons. The van der Waals surface area contributed by atoms with Crippen molar-refractivity contribution < 1.29 is 9.84 Å². The number of rotatable bonds is 7. The molecule has 2 N–H and O–H groups in total. The molecule has 1 heterocycles. The Morgan fingerprint density at radius 1 is 1.16 bits per heavy atom. The number of hydrogen-bond acceptors (Lipinski definition) is 4. The molecule has 4 nitrogen and oxygen atoms in total. The zero-order valence-electron chi connectivity index (χ0n) is 14.5. The van der Waals surface area contributed by atoms with Crippen LogP contribution in [0.3, 0.4) is 0 Å². The quantitative estimate of drug-likeness (QED) is 0.759. The highest BCUT2D eigenvalue weighted by atomic mass is 16.5. The largest absolute Gasteiger partial charge is 0.507 e. The summed E-state index contributed by atoms with van der Waals surface area (Å²) in [5.41, 5.74) is 2.05. The zero-order chi connectivity index (χ0) is 17.5. The molecule has 1 atom stereocenters. The molecule has 132 valence electrons. The lowest BCUT2D eigenvalue weighted by atomic mass is 10.00. The second kappa shape index (κ2) is 8.70. The van der Waals surface area contributed by atoms with Crippen LogP contribution in [-0.4, -0.2) is 36.2 Å². The number of nitrogens with zero attached hydrogens (tertiary/aromatic N) is 1. The van der Waals surface area contributed by atoms with Crippen LogP contribution in [-0.2, 0) is 6.61 Å². The van der Waals surface area contributed by atoms with Crippen molar-refractivity contribution in [3.05, 3.63) is 72.3 Å². The van der Waals surface area contributed by atoms with Gasteiger partial charge in [-0.2, -0.15) is 0 Å². The van der Waals surface area contributed by atoms with E-state index < -0.39 is 0 Å². The summed E-state index contributed by atoms with van der Waals surface area (Å²) >= 11 is 0. The third-order valence-corrected chi connectivity index (χ3v) is 4.59. The Morgan fingerprint density at radius 3 is 2.60 bits per heavy atom. The third kappa shape index (κ3) is 4.62. The average molecular weight is 338 g/mol. The minimum Gasteiger partial charge on any atom is -0.507 e. The lowest BCUT2D eigenvalue weighted by Gasteiger charge is -2.35. The van der Waals surface area contributed by atoms with Crippen molar-refractivity contribution in [3.63, 3.8) is 0 Å². The SMILES string of the molecule is C=CC[C@H](c1ccc(OCc2ccccc2)cc1O)N1CCNCC1. The first kappa shape index (κ1) is 17.5. The molecule has 0 unspecified atom stereocenters. The van der Waals surface area contributed by atoms with Crippen LogP contribution in [0, 0.1) is 0 Å². The maximum absolute atomic E-state index is 10.6. The number of phenolic OH excluding ortho intramolecular Hbond substituents is 1. The smallest absolute Gasteiger partial charge is 0.124 e. The minimum atomic E-state index is 0.155. The van der Waals surface area contributed by atoms with Crippen LogP contribution in [0.1, 0.15) is 23.6 Å². The predicted molar refractivity (Wildman–Crippen MR) is 101 cm³/mol. The molecule has 0 amide bonds. The van der Waals surface area contributed by atoms with Gasteiger partial charge in [0.15, 0.2) is 0 Å². The van der Waals surface area contributed by atoms with Gasteiger partial charge in [-0.05, 0) is 18.1 Å². The number of nitrogens with one attached hydrogen (secondary N) is 1. The molecular weight excluding hydrogens is 312 g/mol. The molecule has 2 aromatic rings. The van der Waals surface area contributed by atoms with Gasteiger partial charge in [-0.1, -0.05) is 42.5 Å². The predicted octanol–water partition coefficient (Wildman–Crippen LogP) is 3.49. The van der Waals surface area contributed by atoms with Crippen molar-refractivity contribution in [2.24, 2.45) is 0 Å². The van der Waals surface area contributed by atoms with Crippen LogP contribution in [0.2, 0.25) is 0 Å². The summed E-state index contributed by atoms with van der Waals surface area (Å²) in [6, 6.07) is 15.8. The van der Waals surface area contributed by atoms with Crippen molar-refractivity contribution in [3.8, 4) is 11.5 Å². The van der Waals surface area contributed by atoms with Crippen molar-refractivity contribution in [1.29, 1.82) is 0 Å². The van der Waals surface area contributed by atoms with Crippen LogP contribution in [0.25, 0.3) is 0 Å². The van der Waals surface area contributed by atoms with Gasteiger partial charge >= 0.3 is 0 Å². The van der Waals surface area contributed by atoms with Crippen molar-refractivity contribution in [2.75, 3.05) is 26.2 Å². The van der Waals surface area contributed by atoms with Gasteiger partial charge in [-0.15, -0.1) is 6.58 Å². The zero-order valence-corrected chi connectivity index (χ0v) is 14.5. The van der Waals surface area contributed by atoms with E-state index in [1.807, 2.05) is 48.5 Å². The van der Waals surface area contributed by atoms with E-state index in [0.717, 1.165) is 43.7 Å². The molecular formula is C21H26N2O2. The van der Waals surface area contributed by atoms with E-state index in [9.17, 15) is 5.11 Å². The summed E-state index contributed by atoms with van der Waals surface area (Å²) in [5.74, 6) is 0.971. The summed E-state index contributed by atoms with van der Waals surface area (Å²) < 4.78 is 5.81. The highest BCUT2D eigenvalue weighted by Crippen LogP contribution is 2.34. The topological polar surface area (TPSA) is 44.7 Å². The monoisotopic (exact) mass is 338 g/mol. The van der Waals surface area contributed by atoms with Gasteiger partial charge in [0.1, 0.15) is 18.1 Å². The van der Waals surface area contributed by atoms with E-state index in [1.54, 1.807) is 6.07 Å². The lowest BCUT2D eigenvalue weighted by molar-refractivity contribution is 0.171. The normalized spacial score (nSPS) is 16.3. The first-order chi connectivity index (χ1) is 12.3. The Bertz CT molecular complexity index is 682. The van der Waals surface area contributed by atoms with Gasteiger partial charge in [0, 0.05) is 43.9 Å². The van der Waals surface area contributed by atoms with Crippen LogP contribution in [0.4, 0.5) is 0 Å². The molecule has 0 aliphatic carbocycles. The second-order valence-electron chi connectivity index (χ2n) is 6.32. The van der Waals surface area contributed by atoms with E-state index in [-0.39, 0.29) is 11.8 Å². The van der Waals surface area contributed by atoms with Gasteiger partial charge in [0.25, 0.3) is 0 Å². The van der Waals surface area contributed by atoms with Gasteiger partial charge in [0.05, 0.1) is 0 Å². The van der Waals surface area contributed by atoms with E-state index in [2.05, 4.69) is 16.8 Å². The number of ether oxygens (including phenoxy) is 1. The number of piperazine rings is 1. The Balaban J connectivity index is 1.71. The molecule has 1 aliphatic heterocycles. The molecule has 4 heteroatoms. The van der Waals surface area contributed by atoms with E-state index in [4.69, 9.17) is 4.74 Å². The molecule has 0 spiro atoms. The molecule has 0 aromatic heterocycles. The Kier molecular flexibility index (Phi) is 6.09. The van der Waals surface area contributed by atoms with Crippen LogP contribution < -0.4 is 10.1 Å². The van der Waals surface area contributed by atoms with Gasteiger partial charge < -0.3 is 15.2 Å². The van der Waals surface area contributed by atoms with Crippen molar-refractivity contribution >= 4 is 0 Å². The first-order valence-electron chi connectivity index (χ1n) is 8.83. The molecule has 1 fully saturated rings. The van der Waals surface area contributed by atoms with Gasteiger partial charge in [0.2, 0.25) is 0 Å². The molecule has 1 aliphatic rings. The molecule has 0 bridgehead atoms. The van der Waals surface area contributed by atoms with E-state index in [0.29, 0.717) is 12.4 Å². The van der Waals surface area contributed by atoms with Gasteiger partial charge in [-0.3, -0.25) is 4.90 Å². The fraction of sp³-hybridized carbons (Fsp3) is 0.333. The van der Waals surface area contributed by atoms with Crippen molar-refractivity contribution in [2.45, 2.75) is 19.1 Å². The number of aromatic hydroxyl groups is 1. The molecule has 3 rings (SSSR count). The van der Waals surface area contributed by atoms with Crippen LogP contribution >= 0.6 is 0 Å². The fourth-order valence-corrected chi connectivity index (χ4v) is 3.26. The molecule has 25 heavy (non-hydrogen) atoms. The second-order valence-corrected chi connectivity index (χ2v) is 6.32. The Morgan fingerprint density at radius 2 is 1.92 bits per heavy atom. The Labute approximate surface area is 149 Å². The van der Waals surface area contributed by atoms with E-state index in [1.165, 1.54) is 0 Å². The first-order valence-corrected chi connectivity index (χ1v) is 8.83. The lowest BCUT2D eigenvalue weighted by Crippen LogP contribution is -2.45. The maximum atomic E-state index is 10.6. The van der Waals surface area contributed by atoms with Crippen LogP contribution in [0.15, 0.2) is 61.2 Å². The summed E-state index contributed by atoms with van der Waals surface area (Å²) in [7, 11) is 0. The number of phenols is 1. The summed E-state index contributed by atoms with van der Waals surface area (Å²) in [5, 5.41) is 13.9. The highest BCUT2D eigenvalue weighted by Gasteiger charge is 2.23. The van der Waals surface area contributed by atoms with Gasteiger partial charge in [-0.25, -0.2) is 0 Å². The summed E-state index contributed by atoms with van der Waals surface area (Å²) in [6.07, 6.45) is 2.74. The maximum Gasteiger partial charge on any atom is 0.124 e. The number of benzene rings is 2. The third-order valence-electron chi connectivity index (χ3n) is 4.59. The number of hydrogen-bond donors (Lipinski definition) is 2. The van der Waals surface area contributed by atoms with Crippen LogP contribution in [0.5, 0.6) is 11.5 Å². The molecule has 1 saturated heterocycles. The summed E-state index contributed by atoms with van der Waals surface area (Å²) in [6.45, 7) is 8.29. The average Bonchev–Trinajstić information content (AvgIpc) is 2.66. The standard InChI is InChI=1S/C21H26N2O2/c1-2-6-20(23-13-11-22-12-14-23)19-10-9-18(15-21(19)24)25-16-17-7-4-3-5-8-17/h2-5,7-10,15,20,22,24H,1,6,11-14,16H2/t20-/m1/s1. The molecule has 2 aromatic carbocycles. The highest BCUT2D eigenvalue weighted by molar-refractivity contribution is 5.42. The minimum absolute atomic E-state index is 0.155. The fourth-order valence-electron chi connectivity index (χ4n) is 3.26. The molecule has 0 saturated carbocycles.